The molecule has 1 heterocycles. The number of nitrogens with zero attached hydrogens (tertiary/aromatic N) is 1. The quantitative estimate of drug-likeness (QED) is 0.396. The van der Waals surface area contributed by atoms with Crippen LogP contribution in [-0.2, 0) is 11.0 Å². The molecule has 0 bridgehead atoms. The summed E-state index contributed by atoms with van der Waals surface area (Å²) in [7, 11) is -2.73. The zero-order chi connectivity index (χ0) is 24.1. The Morgan fingerprint density at radius 2 is 1.58 bits per heavy atom. The lowest BCUT2D eigenvalue weighted by atomic mass is 10.2. The molecule has 0 spiro atoms. The smallest absolute Gasteiger partial charge is 0.328 e. The van der Waals surface area contributed by atoms with Crippen molar-refractivity contribution in [3.05, 3.63) is 105 Å². The van der Waals surface area contributed by atoms with Gasteiger partial charge in [0.1, 0.15) is 0 Å². The minimum absolute atomic E-state index is 0.128. The van der Waals surface area contributed by atoms with Crippen molar-refractivity contribution in [1.29, 1.82) is 0 Å². The molecule has 0 aliphatic rings. The molecule has 0 aliphatic carbocycles. The number of rotatable bonds is 8. The summed E-state index contributed by atoms with van der Waals surface area (Å²) >= 11 is 0. The number of hydrogen-bond acceptors (Lipinski definition) is 4. The molecule has 0 radical (unpaired) electrons. The molecule has 6 nitrogen and oxygen atoms in total. The fourth-order valence-corrected chi connectivity index (χ4v) is 8.69. The van der Waals surface area contributed by atoms with Crippen molar-refractivity contribution in [2.75, 3.05) is 6.61 Å². The highest BCUT2D eigenvalue weighted by atomic mass is 28.4. The van der Waals surface area contributed by atoms with E-state index in [-0.39, 0.29) is 23.7 Å². The van der Waals surface area contributed by atoms with E-state index < -0.39 is 20.1 Å². The van der Waals surface area contributed by atoms with E-state index in [1.165, 1.54) is 10.8 Å². The second-order valence-corrected chi connectivity index (χ2v) is 13.5. The summed E-state index contributed by atoms with van der Waals surface area (Å²) < 4.78 is 8.10. The summed E-state index contributed by atoms with van der Waals surface area (Å²) in [6.07, 6.45) is 4.01. The Morgan fingerprint density at radius 1 is 1.03 bits per heavy atom. The molecule has 0 saturated carbocycles. The van der Waals surface area contributed by atoms with Gasteiger partial charge in [-0.25, -0.2) is 4.79 Å². The molecule has 3 aromatic rings. The lowest BCUT2D eigenvalue weighted by Gasteiger charge is -2.43. The van der Waals surface area contributed by atoms with Crippen molar-refractivity contribution in [1.82, 2.24) is 9.55 Å². The summed E-state index contributed by atoms with van der Waals surface area (Å²) in [6, 6.07) is 20.5. The van der Waals surface area contributed by atoms with E-state index in [9.17, 15) is 14.7 Å². The predicted molar refractivity (Wildman–Crippen MR) is 135 cm³/mol. The van der Waals surface area contributed by atoms with Crippen LogP contribution in [0.4, 0.5) is 0 Å². The van der Waals surface area contributed by atoms with Gasteiger partial charge in [0.2, 0.25) is 0 Å². The van der Waals surface area contributed by atoms with Gasteiger partial charge in [0.25, 0.3) is 13.9 Å². The van der Waals surface area contributed by atoms with E-state index >= 15 is 0 Å². The average Bonchev–Trinajstić information content (AvgIpc) is 2.78. The third-order valence-electron chi connectivity index (χ3n) is 5.74. The van der Waals surface area contributed by atoms with Crippen molar-refractivity contribution in [2.24, 2.45) is 0 Å². The second kappa shape index (κ2) is 10.3. The van der Waals surface area contributed by atoms with Crippen LogP contribution in [-0.4, -0.2) is 35.7 Å². The molecular weight excluding hydrogens is 432 g/mol. The maximum absolute atomic E-state index is 11.9. The standard InChI is InChI=1S/C26H32N2O4Si/c1-20-18-28(25(31)27-24(20)30)17-11-12-21(29)19-32-33(26(2,3)4,22-13-7-5-8-14-22)23-15-9-6-10-16-23/h5-16,18,21,29H,17,19H2,1-4H3,(H,27,30,31)/b12-11-/t21-/m1/s1. The van der Waals surface area contributed by atoms with Crippen LogP contribution in [0.2, 0.25) is 5.04 Å². The Hall–Kier alpha value is -3.00. The number of aromatic nitrogens is 2. The van der Waals surface area contributed by atoms with Crippen LogP contribution in [0, 0.1) is 6.92 Å². The van der Waals surface area contributed by atoms with Gasteiger partial charge in [-0.05, 0) is 22.3 Å². The van der Waals surface area contributed by atoms with Crippen LogP contribution in [0.15, 0.2) is 88.6 Å². The van der Waals surface area contributed by atoms with E-state index in [1.54, 1.807) is 19.1 Å². The molecule has 2 aromatic carbocycles. The van der Waals surface area contributed by atoms with Crippen molar-refractivity contribution < 1.29 is 9.53 Å². The first-order chi connectivity index (χ1) is 15.6. The number of hydrogen-bond donors (Lipinski definition) is 2. The van der Waals surface area contributed by atoms with E-state index in [0.717, 1.165) is 10.4 Å². The summed E-state index contributed by atoms with van der Waals surface area (Å²) in [4.78, 5) is 25.7. The third-order valence-corrected chi connectivity index (χ3v) is 10.7. The molecule has 0 amide bonds. The van der Waals surface area contributed by atoms with Crippen molar-refractivity contribution in [3.8, 4) is 0 Å². The molecule has 0 aliphatic heterocycles. The second-order valence-electron chi connectivity index (χ2n) is 9.19. The van der Waals surface area contributed by atoms with Gasteiger partial charge in [-0.2, -0.15) is 0 Å². The van der Waals surface area contributed by atoms with Crippen molar-refractivity contribution in [2.45, 2.75) is 45.4 Å². The first-order valence-electron chi connectivity index (χ1n) is 11.1. The van der Waals surface area contributed by atoms with Gasteiger partial charge in [0.05, 0.1) is 12.7 Å². The van der Waals surface area contributed by atoms with Crippen LogP contribution < -0.4 is 21.6 Å². The summed E-state index contributed by atoms with van der Waals surface area (Å²) in [6.45, 7) is 8.58. The topological polar surface area (TPSA) is 84.3 Å². The molecule has 33 heavy (non-hydrogen) atoms. The van der Waals surface area contributed by atoms with Gasteiger partial charge in [-0.3, -0.25) is 14.3 Å². The number of allylic oxidation sites excluding steroid dienone is 1. The number of aryl methyl sites for hydroxylation is 1. The van der Waals surface area contributed by atoms with Gasteiger partial charge < -0.3 is 9.53 Å². The predicted octanol–water partition coefficient (Wildman–Crippen LogP) is 2.34. The van der Waals surface area contributed by atoms with E-state index in [2.05, 4.69) is 50.0 Å². The first-order valence-corrected chi connectivity index (χ1v) is 13.0. The van der Waals surface area contributed by atoms with Gasteiger partial charge in [-0.15, -0.1) is 0 Å². The number of nitrogens with one attached hydrogen (secondary N) is 1. The van der Waals surface area contributed by atoms with E-state index in [4.69, 9.17) is 4.43 Å². The Kier molecular flexibility index (Phi) is 7.68. The number of aliphatic hydroxyl groups excluding tert-OH is 1. The van der Waals surface area contributed by atoms with Crippen LogP contribution in [0.3, 0.4) is 0 Å². The van der Waals surface area contributed by atoms with E-state index in [0.29, 0.717) is 5.56 Å². The number of aliphatic hydroxyl groups is 1. The number of benzene rings is 2. The molecule has 0 fully saturated rings. The highest BCUT2D eigenvalue weighted by molar-refractivity contribution is 6.99. The molecular formula is C26H32N2O4Si. The maximum Gasteiger partial charge on any atom is 0.328 e. The Balaban J connectivity index is 1.84. The maximum atomic E-state index is 11.9. The zero-order valence-electron chi connectivity index (χ0n) is 19.6. The highest BCUT2D eigenvalue weighted by Gasteiger charge is 2.50. The SMILES string of the molecule is Cc1cn(C/C=C\[C@@H](O)CO[Si](c2ccccc2)(c2ccccc2)C(C)(C)C)c(=O)[nH]c1=O. The van der Waals surface area contributed by atoms with Crippen LogP contribution in [0.25, 0.3) is 0 Å². The Morgan fingerprint density at radius 3 is 2.09 bits per heavy atom. The molecule has 0 unspecified atom stereocenters. The largest absolute Gasteiger partial charge is 0.404 e. The normalized spacial score (nSPS) is 13.4. The molecule has 7 heteroatoms. The van der Waals surface area contributed by atoms with Gasteiger partial charge in [0, 0.05) is 18.3 Å². The summed E-state index contributed by atoms with van der Waals surface area (Å²) in [5.74, 6) is 0. The van der Waals surface area contributed by atoms with Gasteiger partial charge in [0.15, 0.2) is 0 Å². The van der Waals surface area contributed by atoms with Gasteiger partial charge >= 0.3 is 5.69 Å². The number of aromatic amines is 1. The molecule has 1 atom stereocenters. The highest BCUT2D eigenvalue weighted by Crippen LogP contribution is 2.36. The fourth-order valence-electron chi connectivity index (χ4n) is 4.11. The fraction of sp³-hybridized carbons (Fsp3) is 0.308. The van der Waals surface area contributed by atoms with Crippen molar-refractivity contribution in [3.63, 3.8) is 0 Å². The van der Waals surface area contributed by atoms with Crippen LogP contribution >= 0.6 is 0 Å². The van der Waals surface area contributed by atoms with E-state index in [1.807, 2.05) is 36.4 Å². The Labute approximate surface area is 195 Å². The number of H-pyrrole nitrogens is 1. The zero-order valence-corrected chi connectivity index (χ0v) is 20.6. The lowest BCUT2D eigenvalue weighted by Crippen LogP contribution is -2.67. The van der Waals surface area contributed by atoms with Crippen LogP contribution in [0.1, 0.15) is 26.3 Å². The molecule has 0 saturated heterocycles. The summed E-state index contributed by atoms with van der Waals surface area (Å²) in [5, 5.41) is 12.8. The Bertz CT molecular complexity index is 1160. The van der Waals surface area contributed by atoms with Gasteiger partial charge in [-0.1, -0.05) is 93.6 Å². The lowest BCUT2D eigenvalue weighted by molar-refractivity contribution is 0.138. The molecule has 3 rings (SSSR count). The molecule has 1 aromatic heterocycles. The molecule has 2 N–H and O–H groups in total. The monoisotopic (exact) mass is 464 g/mol. The summed E-state index contributed by atoms with van der Waals surface area (Å²) in [5.41, 5.74) is -0.411. The first kappa shape index (κ1) is 24.6. The minimum Gasteiger partial charge on any atom is -0.404 e. The third kappa shape index (κ3) is 5.50. The average molecular weight is 465 g/mol. The molecule has 174 valence electrons. The van der Waals surface area contributed by atoms with Crippen molar-refractivity contribution >= 4 is 18.7 Å². The van der Waals surface area contributed by atoms with Crippen LogP contribution in [0.5, 0.6) is 0 Å². The minimum atomic E-state index is -2.73.